The Kier molecular flexibility index (Phi) is 4.18. The largest absolute Gasteiger partial charge is 0.337 e. The van der Waals surface area contributed by atoms with Gasteiger partial charge in [0.1, 0.15) is 0 Å². The Morgan fingerprint density at radius 1 is 1.41 bits per heavy atom. The normalized spacial score (nSPS) is 19.0. The summed E-state index contributed by atoms with van der Waals surface area (Å²) < 4.78 is 2.14. The lowest BCUT2D eigenvalue weighted by molar-refractivity contribution is 0.128. The van der Waals surface area contributed by atoms with Crippen LogP contribution in [0.5, 0.6) is 0 Å². The van der Waals surface area contributed by atoms with Gasteiger partial charge < -0.3 is 10.3 Å². The Morgan fingerprint density at radius 3 is 2.76 bits per heavy atom. The van der Waals surface area contributed by atoms with E-state index >= 15 is 0 Å². The monoisotopic (exact) mass is 236 g/mol. The van der Waals surface area contributed by atoms with E-state index in [0.29, 0.717) is 0 Å². The van der Waals surface area contributed by atoms with Gasteiger partial charge in [0.25, 0.3) is 0 Å². The van der Waals surface area contributed by atoms with Crippen LogP contribution in [-0.4, -0.2) is 40.1 Å². The molecule has 1 heterocycles. The Balaban J connectivity index is 1.78. The van der Waals surface area contributed by atoms with Crippen LogP contribution < -0.4 is 5.73 Å². The van der Waals surface area contributed by atoms with Crippen LogP contribution in [-0.2, 0) is 6.54 Å². The van der Waals surface area contributed by atoms with E-state index in [1.54, 1.807) is 0 Å². The molecule has 2 N–H and O–H groups in total. The summed E-state index contributed by atoms with van der Waals surface area (Å²) in [6.07, 6.45) is 12.1. The Bertz CT molecular complexity index is 314. The number of rotatable bonds is 6. The average Bonchev–Trinajstić information content (AvgIpc) is 3.00. The van der Waals surface area contributed by atoms with E-state index < -0.39 is 0 Å². The van der Waals surface area contributed by atoms with Crippen LogP contribution in [0, 0.1) is 0 Å². The topological polar surface area (TPSA) is 47.1 Å². The minimum absolute atomic E-state index is 0.287. The van der Waals surface area contributed by atoms with Crippen LogP contribution in [0.15, 0.2) is 18.7 Å². The molecule has 1 fully saturated rings. The van der Waals surface area contributed by atoms with Gasteiger partial charge in [0.15, 0.2) is 0 Å². The molecule has 1 aromatic rings. The number of likely N-dealkylation sites (N-methyl/N-ethyl adjacent to an activating group) is 1. The van der Waals surface area contributed by atoms with Gasteiger partial charge in [0, 0.05) is 37.6 Å². The molecule has 1 aliphatic carbocycles. The maximum Gasteiger partial charge on any atom is 0.0945 e. The Hall–Kier alpha value is -0.870. The first kappa shape index (κ1) is 12.6. The molecule has 0 spiro atoms. The molecule has 1 saturated carbocycles. The van der Waals surface area contributed by atoms with Crippen molar-refractivity contribution in [3.05, 3.63) is 18.7 Å². The highest BCUT2D eigenvalue weighted by molar-refractivity contribution is 4.94. The van der Waals surface area contributed by atoms with E-state index in [2.05, 4.69) is 21.5 Å². The van der Waals surface area contributed by atoms with Crippen molar-refractivity contribution in [1.82, 2.24) is 14.5 Å². The van der Waals surface area contributed by atoms with E-state index in [9.17, 15) is 0 Å². The molecule has 1 aliphatic rings. The SMILES string of the molecule is CN(CCCn1ccnc1)C1(CN)CCCC1. The van der Waals surface area contributed by atoms with E-state index in [-0.39, 0.29) is 5.54 Å². The molecule has 0 bridgehead atoms. The van der Waals surface area contributed by atoms with Crippen molar-refractivity contribution >= 4 is 0 Å². The molecular formula is C13H24N4. The second kappa shape index (κ2) is 5.65. The second-order valence-corrected chi connectivity index (χ2v) is 5.21. The lowest BCUT2D eigenvalue weighted by Gasteiger charge is -2.38. The lowest BCUT2D eigenvalue weighted by atomic mass is 9.95. The van der Waals surface area contributed by atoms with Gasteiger partial charge in [-0.05, 0) is 26.3 Å². The molecule has 0 saturated heterocycles. The maximum atomic E-state index is 5.98. The van der Waals surface area contributed by atoms with Crippen molar-refractivity contribution in [3.8, 4) is 0 Å². The molecule has 4 heteroatoms. The van der Waals surface area contributed by atoms with Crippen molar-refractivity contribution in [2.45, 2.75) is 44.2 Å². The summed E-state index contributed by atoms with van der Waals surface area (Å²) in [5, 5.41) is 0. The summed E-state index contributed by atoms with van der Waals surface area (Å²) >= 11 is 0. The summed E-state index contributed by atoms with van der Waals surface area (Å²) in [4.78, 5) is 6.54. The van der Waals surface area contributed by atoms with E-state index in [1.807, 2.05) is 18.7 Å². The highest BCUT2D eigenvalue weighted by Gasteiger charge is 2.35. The highest BCUT2D eigenvalue weighted by Crippen LogP contribution is 2.33. The Labute approximate surface area is 104 Å². The molecule has 96 valence electrons. The molecule has 0 amide bonds. The maximum absolute atomic E-state index is 5.98. The van der Waals surface area contributed by atoms with Gasteiger partial charge in [0.2, 0.25) is 0 Å². The fourth-order valence-corrected chi connectivity index (χ4v) is 2.92. The second-order valence-electron chi connectivity index (χ2n) is 5.21. The highest BCUT2D eigenvalue weighted by atomic mass is 15.2. The first-order valence-electron chi connectivity index (χ1n) is 6.64. The zero-order valence-electron chi connectivity index (χ0n) is 10.8. The van der Waals surface area contributed by atoms with Crippen LogP contribution in [0.4, 0.5) is 0 Å². The number of imidazole rings is 1. The molecule has 0 atom stereocenters. The van der Waals surface area contributed by atoms with E-state index in [1.165, 1.54) is 25.7 Å². The van der Waals surface area contributed by atoms with Gasteiger partial charge in [-0.1, -0.05) is 12.8 Å². The third-order valence-electron chi connectivity index (χ3n) is 4.19. The van der Waals surface area contributed by atoms with Crippen molar-refractivity contribution in [1.29, 1.82) is 0 Å². The van der Waals surface area contributed by atoms with Crippen LogP contribution in [0.3, 0.4) is 0 Å². The smallest absolute Gasteiger partial charge is 0.0945 e. The number of aromatic nitrogens is 2. The molecule has 0 radical (unpaired) electrons. The summed E-state index contributed by atoms with van der Waals surface area (Å²) in [7, 11) is 2.23. The van der Waals surface area contributed by atoms with Crippen LogP contribution >= 0.6 is 0 Å². The summed E-state index contributed by atoms with van der Waals surface area (Å²) in [6, 6.07) is 0. The van der Waals surface area contributed by atoms with Gasteiger partial charge in [-0.25, -0.2) is 4.98 Å². The number of nitrogens with two attached hydrogens (primary N) is 1. The molecule has 17 heavy (non-hydrogen) atoms. The average molecular weight is 236 g/mol. The van der Waals surface area contributed by atoms with E-state index in [0.717, 1.165) is 26.1 Å². The van der Waals surface area contributed by atoms with Crippen LogP contribution in [0.2, 0.25) is 0 Å². The predicted octanol–water partition coefficient (Wildman–Crippen LogP) is 1.48. The minimum Gasteiger partial charge on any atom is -0.337 e. The number of nitrogens with zero attached hydrogens (tertiary/aromatic N) is 3. The van der Waals surface area contributed by atoms with Crippen molar-refractivity contribution in [2.75, 3.05) is 20.1 Å². The molecule has 0 aliphatic heterocycles. The number of hydrogen-bond acceptors (Lipinski definition) is 3. The Morgan fingerprint density at radius 2 is 2.18 bits per heavy atom. The quantitative estimate of drug-likeness (QED) is 0.814. The molecule has 1 aromatic heterocycles. The predicted molar refractivity (Wildman–Crippen MR) is 69.7 cm³/mol. The fourth-order valence-electron chi connectivity index (χ4n) is 2.92. The number of aryl methyl sites for hydroxylation is 1. The zero-order chi connectivity index (χ0) is 12.1. The van der Waals surface area contributed by atoms with Gasteiger partial charge in [-0.15, -0.1) is 0 Å². The first-order chi connectivity index (χ1) is 8.27. The van der Waals surface area contributed by atoms with Crippen molar-refractivity contribution in [3.63, 3.8) is 0 Å². The molecule has 0 unspecified atom stereocenters. The molecular weight excluding hydrogens is 212 g/mol. The minimum atomic E-state index is 0.287. The lowest BCUT2D eigenvalue weighted by Crippen LogP contribution is -2.50. The summed E-state index contributed by atoms with van der Waals surface area (Å²) in [5.74, 6) is 0. The zero-order valence-corrected chi connectivity index (χ0v) is 10.8. The van der Waals surface area contributed by atoms with Gasteiger partial charge >= 0.3 is 0 Å². The summed E-state index contributed by atoms with van der Waals surface area (Å²) in [5.41, 5.74) is 6.27. The van der Waals surface area contributed by atoms with E-state index in [4.69, 9.17) is 5.73 Å². The van der Waals surface area contributed by atoms with Gasteiger partial charge in [-0.3, -0.25) is 4.90 Å². The van der Waals surface area contributed by atoms with Crippen molar-refractivity contribution < 1.29 is 0 Å². The fraction of sp³-hybridized carbons (Fsp3) is 0.769. The standard InChI is InChI=1S/C13H24N4/c1-16(13(11-14)5-2-3-6-13)8-4-9-17-10-7-15-12-17/h7,10,12H,2-6,8-9,11,14H2,1H3. The van der Waals surface area contributed by atoms with Gasteiger partial charge in [-0.2, -0.15) is 0 Å². The van der Waals surface area contributed by atoms with Gasteiger partial charge in [0.05, 0.1) is 6.33 Å². The first-order valence-corrected chi connectivity index (χ1v) is 6.64. The third-order valence-corrected chi connectivity index (χ3v) is 4.19. The molecule has 2 rings (SSSR count). The van der Waals surface area contributed by atoms with Crippen LogP contribution in [0.25, 0.3) is 0 Å². The van der Waals surface area contributed by atoms with Crippen molar-refractivity contribution in [2.24, 2.45) is 5.73 Å². The molecule has 0 aromatic carbocycles. The van der Waals surface area contributed by atoms with Crippen LogP contribution in [0.1, 0.15) is 32.1 Å². The molecule has 4 nitrogen and oxygen atoms in total. The third kappa shape index (κ3) is 2.87. The number of hydrogen-bond donors (Lipinski definition) is 1. The summed E-state index contributed by atoms with van der Waals surface area (Å²) in [6.45, 7) is 2.97.